The molecule has 0 radical (unpaired) electrons. The molecule has 3 rings (SSSR count). The van der Waals surface area contributed by atoms with Crippen LogP contribution in [-0.2, 0) is 6.54 Å². The van der Waals surface area contributed by atoms with Gasteiger partial charge in [-0.25, -0.2) is 4.98 Å². The van der Waals surface area contributed by atoms with E-state index < -0.39 is 0 Å². The molecule has 4 heteroatoms. The summed E-state index contributed by atoms with van der Waals surface area (Å²) >= 11 is 0. The lowest BCUT2D eigenvalue weighted by Crippen LogP contribution is -2.28. The van der Waals surface area contributed by atoms with E-state index in [0.29, 0.717) is 5.56 Å². The average molecular weight is 333 g/mol. The monoisotopic (exact) mass is 333 g/mol. The Labute approximate surface area is 148 Å². The van der Waals surface area contributed by atoms with Gasteiger partial charge in [-0.05, 0) is 36.6 Å². The van der Waals surface area contributed by atoms with Crippen molar-refractivity contribution in [2.75, 3.05) is 0 Å². The van der Waals surface area contributed by atoms with E-state index in [-0.39, 0.29) is 11.9 Å². The predicted molar refractivity (Wildman–Crippen MR) is 99.4 cm³/mol. The first-order valence-corrected chi connectivity index (χ1v) is 8.60. The Morgan fingerprint density at radius 1 is 1.12 bits per heavy atom. The number of hydrogen-bond acceptors (Lipinski definition) is 2. The molecule has 0 saturated heterocycles. The summed E-state index contributed by atoms with van der Waals surface area (Å²) < 4.78 is 2.08. The number of carbonyl (C=O) groups is 1. The van der Waals surface area contributed by atoms with Crippen molar-refractivity contribution in [2.24, 2.45) is 0 Å². The molecule has 0 unspecified atom stereocenters. The van der Waals surface area contributed by atoms with Gasteiger partial charge in [0.25, 0.3) is 5.91 Å². The summed E-state index contributed by atoms with van der Waals surface area (Å²) in [5.41, 5.74) is 2.96. The molecule has 0 bridgehead atoms. The molecule has 0 aliphatic carbocycles. The van der Waals surface area contributed by atoms with E-state index in [1.807, 2.05) is 67.7 Å². The fourth-order valence-corrected chi connectivity index (χ4v) is 2.88. The van der Waals surface area contributed by atoms with E-state index in [0.717, 1.165) is 29.9 Å². The minimum atomic E-state index is -0.0407. The van der Waals surface area contributed by atoms with Crippen molar-refractivity contribution < 1.29 is 4.79 Å². The molecule has 0 saturated carbocycles. The minimum Gasteiger partial charge on any atom is -0.345 e. The standard InChI is InChI=1S/C21H23N3O/c1-3-20(18-7-5-4-6-8-18)23-21(25)19-11-9-17(10-12-19)15-24-14-13-22-16(24)2/h4-14,20H,3,15H2,1-2H3,(H,23,25)/t20-/m1/s1. The topological polar surface area (TPSA) is 46.9 Å². The van der Waals surface area contributed by atoms with E-state index in [2.05, 4.69) is 21.8 Å². The zero-order chi connectivity index (χ0) is 17.6. The summed E-state index contributed by atoms with van der Waals surface area (Å²) in [6.07, 6.45) is 4.61. The number of amides is 1. The Morgan fingerprint density at radius 2 is 1.84 bits per heavy atom. The first-order chi connectivity index (χ1) is 12.2. The summed E-state index contributed by atoms with van der Waals surface area (Å²) in [5.74, 6) is 0.941. The summed E-state index contributed by atoms with van der Waals surface area (Å²) in [7, 11) is 0. The molecule has 0 aliphatic heterocycles. The van der Waals surface area contributed by atoms with E-state index in [1.54, 1.807) is 6.20 Å². The van der Waals surface area contributed by atoms with Gasteiger partial charge in [0.2, 0.25) is 0 Å². The van der Waals surface area contributed by atoms with Gasteiger partial charge in [0.1, 0.15) is 5.82 Å². The number of nitrogens with zero attached hydrogens (tertiary/aromatic N) is 2. The lowest BCUT2D eigenvalue weighted by molar-refractivity contribution is 0.0935. The lowest BCUT2D eigenvalue weighted by Gasteiger charge is -2.17. The summed E-state index contributed by atoms with van der Waals surface area (Å²) in [4.78, 5) is 16.8. The molecule has 0 fully saturated rings. The number of rotatable bonds is 6. The Bertz CT molecular complexity index is 822. The third-order valence-electron chi connectivity index (χ3n) is 4.41. The molecule has 25 heavy (non-hydrogen) atoms. The van der Waals surface area contributed by atoms with Crippen LogP contribution in [0, 0.1) is 6.92 Å². The van der Waals surface area contributed by atoms with Crippen LogP contribution in [0.2, 0.25) is 0 Å². The minimum absolute atomic E-state index is 0.0296. The molecule has 3 aromatic rings. The highest BCUT2D eigenvalue weighted by Crippen LogP contribution is 2.17. The maximum absolute atomic E-state index is 12.5. The number of aromatic nitrogens is 2. The molecule has 0 spiro atoms. The van der Waals surface area contributed by atoms with E-state index >= 15 is 0 Å². The number of nitrogens with one attached hydrogen (secondary N) is 1. The summed E-state index contributed by atoms with van der Waals surface area (Å²) in [6.45, 7) is 4.82. The summed E-state index contributed by atoms with van der Waals surface area (Å²) in [6, 6.07) is 17.9. The van der Waals surface area contributed by atoms with Gasteiger partial charge in [0.15, 0.2) is 0 Å². The molecule has 1 amide bonds. The number of imidazole rings is 1. The first kappa shape index (κ1) is 17.0. The van der Waals surface area contributed by atoms with Crippen LogP contribution in [0.5, 0.6) is 0 Å². The highest BCUT2D eigenvalue weighted by molar-refractivity contribution is 5.94. The number of aryl methyl sites for hydroxylation is 1. The second-order valence-corrected chi connectivity index (χ2v) is 6.14. The van der Waals surface area contributed by atoms with E-state index in [1.165, 1.54) is 0 Å². The SMILES string of the molecule is CC[C@@H](NC(=O)c1ccc(Cn2ccnc2C)cc1)c1ccccc1. The molecule has 1 heterocycles. The molecule has 4 nitrogen and oxygen atoms in total. The van der Waals surface area contributed by atoms with Gasteiger partial charge >= 0.3 is 0 Å². The van der Waals surface area contributed by atoms with Crippen LogP contribution in [0.15, 0.2) is 67.0 Å². The van der Waals surface area contributed by atoms with E-state index in [9.17, 15) is 4.79 Å². The highest BCUT2D eigenvalue weighted by atomic mass is 16.1. The Balaban J connectivity index is 1.67. The first-order valence-electron chi connectivity index (χ1n) is 8.60. The van der Waals surface area contributed by atoms with Crippen LogP contribution in [-0.4, -0.2) is 15.5 Å². The summed E-state index contributed by atoms with van der Waals surface area (Å²) in [5, 5.41) is 3.12. The maximum atomic E-state index is 12.5. The predicted octanol–water partition coefficient (Wildman–Crippen LogP) is 4.12. The number of carbonyl (C=O) groups excluding carboxylic acids is 1. The highest BCUT2D eigenvalue weighted by Gasteiger charge is 2.13. The molecule has 1 atom stereocenters. The van der Waals surface area contributed by atoms with Crippen molar-refractivity contribution in [1.82, 2.24) is 14.9 Å². The van der Waals surface area contributed by atoms with Crippen LogP contribution >= 0.6 is 0 Å². The fraction of sp³-hybridized carbons (Fsp3) is 0.238. The van der Waals surface area contributed by atoms with Crippen molar-refractivity contribution in [3.63, 3.8) is 0 Å². The number of benzene rings is 2. The molecule has 2 aromatic carbocycles. The van der Waals surface area contributed by atoms with Gasteiger partial charge in [-0.2, -0.15) is 0 Å². The average Bonchev–Trinajstić information content (AvgIpc) is 3.05. The van der Waals surface area contributed by atoms with Crippen molar-refractivity contribution in [2.45, 2.75) is 32.9 Å². The zero-order valence-electron chi connectivity index (χ0n) is 14.6. The van der Waals surface area contributed by atoms with Gasteiger partial charge in [0, 0.05) is 24.5 Å². The Hall–Kier alpha value is -2.88. The van der Waals surface area contributed by atoms with Gasteiger partial charge in [-0.15, -0.1) is 0 Å². The molecule has 0 aliphatic rings. The molecular formula is C21H23N3O. The molecular weight excluding hydrogens is 310 g/mol. The van der Waals surface area contributed by atoms with Crippen molar-refractivity contribution in [3.8, 4) is 0 Å². The van der Waals surface area contributed by atoms with Crippen LogP contribution in [0.4, 0.5) is 0 Å². The normalized spacial score (nSPS) is 11.9. The second kappa shape index (κ2) is 7.79. The molecule has 1 aromatic heterocycles. The second-order valence-electron chi connectivity index (χ2n) is 6.14. The van der Waals surface area contributed by atoms with Crippen LogP contribution in [0.3, 0.4) is 0 Å². The molecule has 128 valence electrons. The third-order valence-corrected chi connectivity index (χ3v) is 4.41. The largest absolute Gasteiger partial charge is 0.345 e. The van der Waals surface area contributed by atoms with Gasteiger partial charge < -0.3 is 9.88 Å². The van der Waals surface area contributed by atoms with Crippen LogP contribution in [0.25, 0.3) is 0 Å². The third kappa shape index (κ3) is 4.15. The molecule has 1 N–H and O–H groups in total. The quantitative estimate of drug-likeness (QED) is 0.737. The zero-order valence-corrected chi connectivity index (χ0v) is 14.6. The maximum Gasteiger partial charge on any atom is 0.251 e. The fourth-order valence-electron chi connectivity index (χ4n) is 2.88. The lowest BCUT2D eigenvalue weighted by atomic mass is 10.0. The van der Waals surface area contributed by atoms with Gasteiger partial charge in [0.05, 0.1) is 6.04 Å². The van der Waals surface area contributed by atoms with E-state index in [4.69, 9.17) is 0 Å². The van der Waals surface area contributed by atoms with Crippen molar-refractivity contribution in [3.05, 3.63) is 89.5 Å². The van der Waals surface area contributed by atoms with Crippen molar-refractivity contribution >= 4 is 5.91 Å². The Kier molecular flexibility index (Phi) is 5.29. The van der Waals surface area contributed by atoms with Crippen LogP contribution in [0.1, 0.15) is 46.7 Å². The van der Waals surface area contributed by atoms with Crippen LogP contribution < -0.4 is 5.32 Å². The van der Waals surface area contributed by atoms with Crippen molar-refractivity contribution in [1.29, 1.82) is 0 Å². The van der Waals surface area contributed by atoms with Gasteiger partial charge in [-0.1, -0.05) is 49.4 Å². The Morgan fingerprint density at radius 3 is 2.44 bits per heavy atom. The number of hydrogen-bond donors (Lipinski definition) is 1. The van der Waals surface area contributed by atoms with Gasteiger partial charge in [-0.3, -0.25) is 4.79 Å². The smallest absolute Gasteiger partial charge is 0.251 e.